The zero-order valence-electron chi connectivity index (χ0n) is 7.82. The van der Waals surface area contributed by atoms with Crippen LogP contribution < -0.4 is 11.1 Å². The number of carbonyl (C=O) groups excluding carboxylic acids is 1. The second-order valence-corrected chi connectivity index (χ2v) is 3.08. The Balaban J connectivity index is 2.54. The summed E-state index contributed by atoms with van der Waals surface area (Å²) in [4.78, 5) is 15.2. The Hall–Kier alpha value is -1.36. The van der Waals surface area contributed by atoms with Gasteiger partial charge in [-0.3, -0.25) is 4.79 Å². The van der Waals surface area contributed by atoms with Gasteiger partial charge in [0, 0.05) is 19.6 Å². The minimum absolute atomic E-state index is 0.0304. The highest BCUT2D eigenvalue weighted by atomic mass is 16.1. The van der Waals surface area contributed by atoms with Crippen molar-refractivity contribution in [1.29, 1.82) is 0 Å². The van der Waals surface area contributed by atoms with Gasteiger partial charge in [0.25, 0.3) is 5.91 Å². The van der Waals surface area contributed by atoms with Crippen molar-refractivity contribution in [3.05, 3.63) is 18.2 Å². The normalized spacial score (nSPS) is 12.5. The third-order valence-electron chi connectivity index (χ3n) is 1.63. The summed E-state index contributed by atoms with van der Waals surface area (Å²) in [5, 5.41) is 2.70. The van der Waals surface area contributed by atoms with Crippen molar-refractivity contribution in [3.63, 3.8) is 0 Å². The lowest BCUT2D eigenvalue weighted by atomic mass is 10.3. The maximum Gasteiger partial charge on any atom is 0.269 e. The topological polar surface area (TPSA) is 72.9 Å². The molecule has 0 saturated heterocycles. The van der Waals surface area contributed by atoms with E-state index in [9.17, 15) is 4.79 Å². The van der Waals surface area contributed by atoms with Crippen LogP contribution in [0.3, 0.4) is 0 Å². The van der Waals surface area contributed by atoms with Crippen LogP contribution >= 0.6 is 0 Å². The average Bonchev–Trinajstić information content (AvgIpc) is 2.47. The Morgan fingerprint density at radius 1 is 1.85 bits per heavy atom. The molecule has 0 aliphatic carbocycles. The van der Waals surface area contributed by atoms with Crippen molar-refractivity contribution in [2.45, 2.75) is 13.0 Å². The molecule has 0 bridgehead atoms. The van der Waals surface area contributed by atoms with Gasteiger partial charge in [-0.1, -0.05) is 0 Å². The molecule has 5 nitrogen and oxygen atoms in total. The molecule has 1 unspecified atom stereocenters. The van der Waals surface area contributed by atoms with Gasteiger partial charge in [0.05, 0.1) is 12.5 Å². The van der Waals surface area contributed by atoms with Crippen LogP contribution in [0.15, 0.2) is 12.5 Å². The molecule has 0 radical (unpaired) electrons. The Labute approximate surface area is 76.9 Å². The van der Waals surface area contributed by atoms with E-state index in [4.69, 9.17) is 5.73 Å². The standard InChI is InChI=1S/C8H14N4O/c1-6(9)3-11-8(13)7-4-10-5-12(7)2/h4-6H,3,9H2,1-2H3,(H,11,13). The number of nitrogens with two attached hydrogens (primary N) is 1. The van der Waals surface area contributed by atoms with Crippen molar-refractivity contribution >= 4 is 5.91 Å². The summed E-state index contributed by atoms with van der Waals surface area (Å²) in [5.74, 6) is -0.141. The number of rotatable bonds is 3. The largest absolute Gasteiger partial charge is 0.349 e. The molecule has 0 aliphatic rings. The molecule has 1 rings (SSSR count). The molecule has 3 N–H and O–H groups in total. The van der Waals surface area contributed by atoms with Gasteiger partial charge in [0.15, 0.2) is 0 Å². The predicted molar refractivity (Wildman–Crippen MR) is 49.2 cm³/mol. The quantitative estimate of drug-likeness (QED) is 0.661. The minimum Gasteiger partial charge on any atom is -0.349 e. The molecular weight excluding hydrogens is 168 g/mol. The van der Waals surface area contributed by atoms with Gasteiger partial charge in [0.2, 0.25) is 0 Å². The highest BCUT2D eigenvalue weighted by molar-refractivity contribution is 5.92. The summed E-state index contributed by atoms with van der Waals surface area (Å²) < 4.78 is 1.66. The summed E-state index contributed by atoms with van der Waals surface area (Å²) in [6.45, 7) is 2.31. The average molecular weight is 182 g/mol. The Kier molecular flexibility index (Phi) is 3.02. The van der Waals surface area contributed by atoms with Gasteiger partial charge in [-0.25, -0.2) is 4.98 Å². The number of nitrogens with zero attached hydrogens (tertiary/aromatic N) is 2. The number of imidazole rings is 1. The van der Waals surface area contributed by atoms with Gasteiger partial charge in [-0.05, 0) is 6.92 Å². The van der Waals surface area contributed by atoms with Crippen LogP contribution in [-0.4, -0.2) is 28.0 Å². The number of amides is 1. The Morgan fingerprint density at radius 2 is 2.54 bits per heavy atom. The van der Waals surface area contributed by atoms with E-state index in [1.54, 1.807) is 17.9 Å². The van der Waals surface area contributed by atoms with E-state index in [-0.39, 0.29) is 11.9 Å². The SMILES string of the molecule is CC(N)CNC(=O)c1cncn1C. The highest BCUT2D eigenvalue weighted by Gasteiger charge is 2.08. The third-order valence-corrected chi connectivity index (χ3v) is 1.63. The lowest BCUT2D eigenvalue weighted by Gasteiger charge is -2.07. The smallest absolute Gasteiger partial charge is 0.269 e. The van der Waals surface area contributed by atoms with Gasteiger partial charge in [-0.2, -0.15) is 0 Å². The molecule has 72 valence electrons. The predicted octanol–water partition coefficient (Wildman–Crippen LogP) is -0.503. The van der Waals surface area contributed by atoms with E-state index in [0.29, 0.717) is 12.2 Å². The van der Waals surface area contributed by atoms with Crippen LogP contribution in [-0.2, 0) is 7.05 Å². The summed E-state index contributed by atoms with van der Waals surface area (Å²) in [6.07, 6.45) is 3.11. The fraction of sp³-hybridized carbons (Fsp3) is 0.500. The van der Waals surface area contributed by atoms with Crippen LogP contribution in [0.5, 0.6) is 0 Å². The molecule has 1 heterocycles. The first-order valence-corrected chi connectivity index (χ1v) is 4.11. The zero-order chi connectivity index (χ0) is 9.84. The van der Waals surface area contributed by atoms with Crippen LogP contribution in [0.2, 0.25) is 0 Å². The molecule has 1 atom stereocenters. The van der Waals surface area contributed by atoms with Crippen LogP contribution in [0, 0.1) is 0 Å². The van der Waals surface area contributed by atoms with Gasteiger partial charge in [0.1, 0.15) is 5.69 Å². The van der Waals surface area contributed by atoms with E-state index in [1.807, 2.05) is 6.92 Å². The van der Waals surface area contributed by atoms with Crippen LogP contribution in [0.4, 0.5) is 0 Å². The van der Waals surface area contributed by atoms with Crippen molar-refractivity contribution in [2.75, 3.05) is 6.54 Å². The molecule has 1 amide bonds. The van der Waals surface area contributed by atoms with Crippen LogP contribution in [0.25, 0.3) is 0 Å². The van der Waals surface area contributed by atoms with Gasteiger partial charge >= 0.3 is 0 Å². The second kappa shape index (κ2) is 4.04. The minimum atomic E-state index is -0.141. The maximum atomic E-state index is 11.4. The molecule has 1 aromatic rings. The molecule has 0 aliphatic heterocycles. The third kappa shape index (κ3) is 2.55. The molecule has 0 fully saturated rings. The van der Waals surface area contributed by atoms with E-state index < -0.39 is 0 Å². The molecule has 5 heteroatoms. The summed E-state index contributed by atoms with van der Waals surface area (Å²) in [7, 11) is 1.77. The fourth-order valence-electron chi connectivity index (χ4n) is 0.920. The monoisotopic (exact) mass is 182 g/mol. The molecule has 0 saturated carbocycles. The van der Waals surface area contributed by atoms with Gasteiger partial charge in [-0.15, -0.1) is 0 Å². The molecule has 1 aromatic heterocycles. The molecule has 0 aromatic carbocycles. The van der Waals surface area contributed by atoms with E-state index in [0.717, 1.165) is 0 Å². The number of aryl methyl sites for hydroxylation is 1. The van der Waals surface area contributed by atoms with E-state index in [2.05, 4.69) is 10.3 Å². The van der Waals surface area contributed by atoms with Crippen molar-refractivity contribution in [1.82, 2.24) is 14.9 Å². The van der Waals surface area contributed by atoms with Crippen LogP contribution in [0.1, 0.15) is 17.4 Å². The number of aromatic nitrogens is 2. The molecule has 0 spiro atoms. The zero-order valence-corrected chi connectivity index (χ0v) is 7.82. The molecular formula is C8H14N4O. The first-order chi connectivity index (χ1) is 6.11. The van der Waals surface area contributed by atoms with E-state index in [1.165, 1.54) is 6.20 Å². The first kappa shape index (κ1) is 9.73. The summed E-state index contributed by atoms with van der Waals surface area (Å²) in [6, 6.07) is -0.0304. The number of carbonyl (C=O) groups is 1. The Morgan fingerprint density at radius 3 is 3.00 bits per heavy atom. The summed E-state index contributed by atoms with van der Waals surface area (Å²) in [5.41, 5.74) is 6.04. The molecule has 13 heavy (non-hydrogen) atoms. The van der Waals surface area contributed by atoms with Gasteiger partial charge < -0.3 is 15.6 Å². The fourth-order valence-corrected chi connectivity index (χ4v) is 0.920. The second-order valence-electron chi connectivity index (χ2n) is 3.08. The highest BCUT2D eigenvalue weighted by Crippen LogP contribution is 1.94. The number of hydrogen-bond donors (Lipinski definition) is 2. The van der Waals surface area contributed by atoms with Crippen molar-refractivity contribution in [3.8, 4) is 0 Å². The van der Waals surface area contributed by atoms with Crippen molar-refractivity contribution < 1.29 is 4.79 Å². The summed E-state index contributed by atoms with van der Waals surface area (Å²) >= 11 is 0. The number of nitrogens with one attached hydrogen (secondary N) is 1. The lowest BCUT2D eigenvalue weighted by molar-refractivity contribution is 0.0943. The number of hydrogen-bond acceptors (Lipinski definition) is 3. The Bertz CT molecular complexity index is 292. The van der Waals surface area contributed by atoms with Crippen molar-refractivity contribution in [2.24, 2.45) is 12.8 Å². The first-order valence-electron chi connectivity index (χ1n) is 4.11. The maximum absolute atomic E-state index is 11.4. The van der Waals surface area contributed by atoms with E-state index >= 15 is 0 Å². The lowest BCUT2D eigenvalue weighted by Crippen LogP contribution is -2.35.